The first kappa shape index (κ1) is 17.9. The van der Waals surface area contributed by atoms with Crippen molar-refractivity contribution in [3.8, 4) is 0 Å². The van der Waals surface area contributed by atoms with Crippen molar-refractivity contribution in [2.24, 2.45) is 0 Å². The Morgan fingerprint density at radius 3 is 2.58 bits per heavy atom. The number of hydrogen-bond donors (Lipinski definition) is 1. The van der Waals surface area contributed by atoms with Gasteiger partial charge in [0.2, 0.25) is 10.0 Å². The molecule has 0 bridgehead atoms. The molecule has 1 aromatic heterocycles. The van der Waals surface area contributed by atoms with Crippen LogP contribution in [0.15, 0.2) is 28.6 Å². The van der Waals surface area contributed by atoms with Crippen molar-refractivity contribution in [1.29, 1.82) is 0 Å². The summed E-state index contributed by atoms with van der Waals surface area (Å²) in [6, 6.07) is 2.87. The van der Waals surface area contributed by atoms with Gasteiger partial charge in [0.15, 0.2) is 5.13 Å². The summed E-state index contributed by atoms with van der Waals surface area (Å²) in [5.74, 6) is 0. The largest absolute Gasteiger partial charge is 0.348 e. The molecule has 9 heteroatoms. The molecule has 0 saturated carbocycles. The summed E-state index contributed by atoms with van der Waals surface area (Å²) in [4.78, 5) is 6.55. The molecule has 1 N–H and O–H groups in total. The Balaban J connectivity index is 1.69. The van der Waals surface area contributed by atoms with E-state index in [1.807, 2.05) is 5.38 Å². The zero-order chi connectivity index (χ0) is 17.3. The van der Waals surface area contributed by atoms with Crippen LogP contribution >= 0.6 is 34.5 Å². The van der Waals surface area contributed by atoms with E-state index in [1.165, 1.54) is 12.1 Å². The van der Waals surface area contributed by atoms with Crippen LogP contribution < -0.4 is 9.62 Å². The first-order chi connectivity index (χ1) is 11.4. The molecular formula is C15H17Cl2N3O2S2. The second kappa shape index (κ2) is 7.17. The standard InChI is InChI=1S/C15H17Cl2N3O2S2/c1-10-8-14(13(17)9-12(10)16)24(21,22)19-11-2-5-20(6-3-11)15-18-4-7-23-15/h4,7-9,11,19H,2-3,5-6H2,1H3. The summed E-state index contributed by atoms with van der Waals surface area (Å²) in [7, 11) is -3.67. The number of aromatic nitrogens is 1. The number of sulfonamides is 1. The maximum absolute atomic E-state index is 12.6. The van der Waals surface area contributed by atoms with Crippen LogP contribution in [-0.2, 0) is 10.0 Å². The summed E-state index contributed by atoms with van der Waals surface area (Å²) in [5.41, 5.74) is 0.681. The van der Waals surface area contributed by atoms with Crippen molar-refractivity contribution in [1.82, 2.24) is 9.71 Å². The number of rotatable bonds is 4. The predicted molar refractivity (Wildman–Crippen MR) is 98.9 cm³/mol. The molecule has 1 saturated heterocycles. The Morgan fingerprint density at radius 1 is 1.25 bits per heavy atom. The molecule has 0 spiro atoms. The van der Waals surface area contributed by atoms with Crippen LogP contribution in [0.2, 0.25) is 10.0 Å². The number of anilines is 1. The highest BCUT2D eigenvalue weighted by Crippen LogP contribution is 2.29. The van der Waals surface area contributed by atoms with Gasteiger partial charge in [-0.05, 0) is 37.5 Å². The molecule has 5 nitrogen and oxygen atoms in total. The third-order valence-electron chi connectivity index (χ3n) is 4.01. The molecule has 0 radical (unpaired) electrons. The monoisotopic (exact) mass is 405 g/mol. The summed E-state index contributed by atoms with van der Waals surface area (Å²) in [6.07, 6.45) is 3.23. The summed E-state index contributed by atoms with van der Waals surface area (Å²) < 4.78 is 28.0. The molecule has 2 aromatic rings. The van der Waals surface area contributed by atoms with E-state index < -0.39 is 10.0 Å². The third kappa shape index (κ3) is 3.86. The number of piperidine rings is 1. The Labute approximate surface area is 155 Å². The van der Waals surface area contributed by atoms with Crippen LogP contribution in [0.3, 0.4) is 0 Å². The molecule has 1 aliphatic rings. The fraction of sp³-hybridized carbons (Fsp3) is 0.400. The van der Waals surface area contributed by atoms with Crippen LogP contribution in [0.5, 0.6) is 0 Å². The summed E-state index contributed by atoms with van der Waals surface area (Å²) >= 11 is 13.7. The second-order valence-corrected chi connectivity index (χ2v) is 9.10. The van der Waals surface area contributed by atoms with Crippen molar-refractivity contribution in [2.45, 2.75) is 30.7 Å². The van der Waals surface area contributed by atoms with E-state index in [4.69, 9.17) is 23.2 Å². The van der Waals surface area contributed by atoms with Crippen LogP contribution in [0.4, 0.5) is 5.13 Å². The van der Waals surface area contributed by atoms with Crippen molar-refractivity contribution in [3.63, 3.8) is 0 Å². The maximum atomic E-state index is 12.6. The van der Waals surface area contributed by atoms with Gasteiger partial charge in [0.05, 0.1) is 5.02 Å². The Kier molecular flexibility index (Phi) is 5.36. The van der Waals surface area contributed by atoms with Gasteiger partial charge in [-0.25, -0.2) is 18.1 Å². The lowest BCUT2D eigenvalue weighted by Crippen LogP contribution is -2.44. The van der Waals surface area contributed by atoms with Crippen LogP contribution in [0.1, 0.15) is 18.4 Å². The molecule has 130 valence electrons. The summed E-state index contributed by atoms with van der Waals surface area (Å²) in [6.45, 7) is 3.30. The lowest BCUT2D eigenvalue weighted by Gasteiger charge is -2.32. The molecule has 0 unspecified atom stereocenters. The molecular weight excluding hydrogens is 389 g/mol. The number of hydrogen-bond acceptors (Lipinski definition) is 5. The van der Waals surface area contributed by atoms with Gasteiger partial charge >= 0.3 is 0 Å². The molecule has 1 aliphatic heterocycles. The fourth-order valence-electron chi connectivity index (χ4n) is 2.68. The van der Waals surface area contributed by atoms with Gasteiger partial charge in [0, 0.05) is 35.7 Å². The Morgan fingerprint density at radius 2 is 1.96 bits per heavy atom. The van der Waals surface area contributed by atoms with Crippen molar-refractivity contribution >= 4 is 49.7 Å². The Bertz CT molecular complexity index is 817. The van der Waals surface area contributed by atoms with Crippen LogP contribution in [-0.4, -0.2) is 32.5 Å². The van der Waals surface area contributed by atoms with E-state index in [0.29, 0.717) is 10.6 Å². The van der Waals surface area contributed by atoms with E-state index in [9.17, 15) is 8.42 Å². The minimum Gasteiger partial charge on any atom is -0.348 e. The average Bonchev–Trinajstić information content (AvgIpc) is 3.05. The number of thiazole rings is 1. The normalized spacial score (nSPS) is 16.5. The van der Waals surface area contributed by atoms with Gasteiger partial charge < -0.3 is 4.90 Å². The minimum atomic E-state index is -3.67. The SMILES string of the molecule is Cc1cc(S(=O)(=O)NC2CCN(c3nccs3)CC2)c(Cl)cc1Cl. The average molecular weight is 406 g/mol. The van der Waals surface area contributed by atoms with Gasteiger partial charge in [-0.3, -0.25) is 0 Å². The fourth-order valence-corrected chi connectivity index (χ4v) is 5.51. The molecule has 3 rings (SSSR count). The van der Waals surface area contributed by atoms with Gasteiger partial charge in [-0.1, -0.05) is 23.2 Å². The highest BCUT2D eigenvalue weighted by Gasteiger charge is 2.27. The van der Waals surface area contributed by atoms with Crippen molar-refractivity contribution in [2.75, 3.05) is 18.0 Å². The molecule has 0 atom stereocenters. The topological polar surface area (TPSA) is 62.3 Å². The first-order valence-corrected chi connectivity index (χ1v) is 10.6. The zero-order valence-electron chi connectivity index (χ0n) is 13.0. The van der Waals surface area contributed by atoms with Gasteiger partial charge in [0.1, 0.15) is 4.90 Å². The van der Waals surface area contributed by atoms with Crippen LogP contribution in [0, 0.1) is 6.92 Å². The minimum absolute atomic E-state index is 0.0772. The number of halogens is 2. The quantitative estimate of drug-likeness (QED) is 0.841. The molecule has 1 fully saturated rings. The van der Waals surface area contributed by atoms with E-state index >= 15 is 0 Å². The number of nitrogens with zero attached hydrogens (tertiary/aromatic N) is 2. The van der Waals surface area contributed by atoms with E-state index in [-0.39, 0.29) is 16.0 Å². The van der Waals surface area contributed by atoms with Crippen LogP contribution in [0.25, 0.3) is 0 Å². The Hall–Kier alpha value is -0.860. The maximum Gasteiger partial charge on any atom is 0.242 e. The summed E-state index contributed by atoms with van der Waals surface area (Å²) in [5, 5.41) is 3.51. The number of benzene rings is 1. The van der Waals surface area contributed by atoms with Gasteiger partial charge in [-0.2, -0.15) is 0 Å². The predicted octanol–water partition coefficient (Wildman–Crippen LogP) is 3.71. The van der Waals surface area contributed by atoms with E-state index in [1.54, 1.807) is 24.5 Å². The lowest BCUT2D eigenvalue weighted by atomic mass is 10.1. The molecule has 2 heterocycles. The lowest BCUT2D eigenvalue weighted by molar-refractivity contribution is 0.460. The van der Waals surface area contributed by atoms with Gasteiger partial charge in [-0.15, -0.1) is 11.3 Å². The number of aryl methyl sites for hydroxylation is 1. The first-order valence-electron chi connectivity index (χ1n) is 7.49. The van der Waals surface area contributed by atoms with Crippen molar-refractivity contribution in [3.05, 3.63) is 39.3 Å². The molecule has 0 aliphatic carbocycles. The van der Waals surface area contributed by atoms with Crippen molar-refractivity contribution < 1.29 is 8.42 Å². The molecule has 0 amide bonds. The highest BCUT2D eigenvalue weighted by molar-refractivity contribution is 7.89. The zero-order valence-corrected chi connectivity index (χ0v) is 16.1. The number of nitrogens with one attached hydrogen (secondary N) is 1. The van der Waals surface area contributed by atoms with E-state index in [2.05, 4.69) is 14.6 Å². The third-order valence-corrected chi connectivity index (χ3v) is 7.23. The molecule has 24 heavy (non-hydrogen) atoms. The smallest absolute Gasteiger partial charge is 0.242 e. The second-order valence-electron chi connectivity index (χ2n) is 5.73. The van der Waals surface area contributed by atoms with E-state index in [0.717, 1.165) is 31.1 Å². The van der Waals surface area contributed by atoms with Gasteiger partial charge in [0.25, 0.3) is 0 Å². The molecule has 1 aromatic carbocycles. The highest BCUT2D eigenvalue weighted by atomic mass is 35.5.